The predicted octanol–water partition coefficient (Wildman–Crippen LogP) is 1.35. The van der Waals surface area contributed by atoms with E-state index in [0.717, 1.165) is 45.2 Å². The van der Waals surface area contributed by atoms with Crippen LogP contribution in [0.4, 0.5) is 0 Å². The quantitative estimate of drug-likeness (QED) is 0.790. The number of rotatable bonds is 3. The third-order valence-corrected chi connectivity index (χ3v) is 4.01. The highest BCUT2D eigenvalue weighted by Gasteiger charge is 2.38. The number of aliphatic carboxylic acids is 1. The SMILES string of the molecule is COC1CCCN(C2CCCC2C(=O)O)C1. The van der Waals surface area contributed by atoms with Gasteiger partial charge in [0.2, 0.25) is 0 Å². The molecule has 4 nitrogen and oxygen atoms in total. The Labute approximate surface area is 96.6 Å². The van der Waals surface area contributed by atoms with E-state index in [1.807, 2.05) is 0 Å². The van der Waals surface area contributed by atoms with Gasteiger partial charge in [-0.05, 0) is 32.2 Å². The van der Waals surface area contributed by atoms with Gasteiger partial charge in [0.15, 0.2) is 0 Å². The van der Waals surface area contributed by atoms with Gasteiger partial charge in [-0.3, -0.25) is 9.69 Å². The van der Waals surface area contributed by atoms with Crippen LogP contribution in [0.3, 0.4) is 0 Å². The molecule has 16 heavy (non-hydrogen) atoms. The van der Waals surface area contributed by atoms with Crippen molar-refractivity contribution in [2.24, 2.45) is 5.92 Å². The van der Waals surface area contributed by atoms with Crippen LogP contribution in [0, 0.1) is 5.92 Å². The number of piperidine rings is 1. The lowest BCUT2D eigenvalue weighted by Crippen LogP contribution is -2.48. The Balaban J connectivity index is 1.97. The van der Waals surface area contributed by atoms with E-state index in [1.165, 1.54) is 0 Å². The van der Waals surface area contributed by atoms with Crippen LogP contribution in [0.2, 0.25) is 0 Å². The molecule has 4 heteroatoms. The van der Waals surface area contributed by atoms with Crippen LogP contribution in [0.1, 0.15) is 32.1 Å². The summed E-state index contributed by atoms with van der Waals surface area (Å²) in [5, 5.41) is 9.18. The lowest BCUT2D eigenvalue weighted by atomic mass is 9.98. The van der Waals surface area contributed by atoms with Crippen LogP contribution in [0.15, 0.2) is 0 Å². The summed E-state index contributed by atoms with van der Waals surface area (Å²) in [6.45, 7) is 1.94. The number of likely N-dealkylation sites (tertiary alicyclic amines) is 1. The minimum Gasteiger partial charge on any atom is -0.481 e. The summed E-state index contributed by atoms with van der Waals surface area (Å²) in [5.41, 5.74) is 0. The summed E-state index contributed by atoms with van der Waals surface area (Å²) in [6.07, 6.45) is 5.46. The molecule has 1 aliphatic carbocycles. The fourth-order valence-electron chi connectivity index (χ4n) is 3.13. The van der Waals surface area contributed by atoms with Crippen molar-refractivity contribution in [3.05, 3.63) is 0 Å². The summed E-state index contributed by atoms with van der Waals surface area (Å²) >= 11 is 0. The molecule has 0 amide bonds. The number of hydrogen-bond donors (Lipinski definition) is 1. The van der Waals surface area contributed by atoms with Crippen LogP contribution in [0.25, 0.3) is 0 Å². The highest BCUT2D eigenvalue weighted by Crippen LogP contribution is 2.32. The molecule has 0 radical (unpaired) electrons. The van der Waals surface area contributed by atoms with Crippen molar-refractivity contribution in [3.8, 4) is 0 Å². The minimum atomic E-state index is -0.623. The van der Waals surface area contributed by atoms with E-state index in [9.17, 15) is 9.90 Å². The molecule has 1 aliphatic heterocycles. The normalized spacial score (nSPS) is 36.4. The molecule has 92 valence electrons. The molecular weight excluding hydrogens is 206 g/mol. The zero-order chi connectivity index (χ0) is 11.5. The van der Waals surface area contributed by atoms with Gasteiger partial charge in [-0.1, -0.05) is 6.42 Å². The molecule has 1 N–H and O–H groups in total. The van der Waals surface area contributed by atoms with Crippen LogP contribution in [-0.2, 0) is 9.53 Å². The van der Waals surface area contributed by atoms with Crippen molar-refractivity contribution >= 4 is 5.97 Å². The summed E-state index contributed by atoms with van der Waals surface area (Å²) in [4.78, 5) is 13.5. The molecule has 2 aliphatic rings. The molecule has 0 aromatic heterocycles. The average Bonchev–Trinajstić information content (AvgIpc) is 2.78. The fraction of sp³-hybridized carbons (Fsp3) is 0.917. The third-order valence-electron chi connectivity index (χ3n) is 4.01. The van der Waals surface area contributed by atoms with E-state index in [4.69, 9.17) is 4.74 Å². The zero-order valence-corrected chi connectivity index (χ0v) is 9.89. The molecule has 1 heterocycles. The Morgan fingerprint density at radius 3 is 2.81 bits per heavy atom. The average molecular weight is 227 g/mol. The monoisotopic (exact) mass is 227 g/mol. The maximum absolute atomic E-state index is 11.1. The maximum atomic E-state index is 11.1. The van der Waals surface area contributed by atoms with Gasteiger partial charge >= 0.3 is 5.97 Å². The number of carboxylic acid groups (broad SMARTS) is 1. The van der Waals surface area contributed by atoms with E-state index in [0.29, 0.717) is 6.10 Å². The summed E-state index contributed by atoms with van der Waals surface area (Å²) < 4.78 is 5.39. The number of ether oxygens (including phenoxy) is 1. The van der Waals surface area contributed by atoms with Crippen molar-refractivity contribution in [1.29, 1.82) is 0 Å². The number of methoxy groups -OCH3 is 1. The second kappa shape index (κ2) is 5.15. The molecule has 0 aromatic carbocycles. The first-order chi connectivity index (χ1) is 7.72. The van der Waals surface area contributed by atoms with Crippen LogP contribution < -0.4 is 0 Å². The van der Waals surface area contributed by atoms with Crippen molar-refractivity contribution in [2.45, 2.75) is 44.2 Å². The Morgan fingerprint density at radius 1 is 1.31 bits per heavy atom. The van der Waals surface area contributed by atoms with E-state index in [-0.39, 0.29) is 12.0 Å². The Hall–Kier alpha value is -0.610. The van der Waals surface area contributed by atoms with Gasteiger partial charge in [0, 0.05) is 19.7 Å². The van der Waals surface area contributed by atoms with Crippen LogP contribution >= 0.6 is 0 Å². The number of hydrogen-bond acceptors (Lipinski definition) is 3. The molecule has 2 rings (SSSR count). The molecule has 3 unspecified atom stereocenters. The van der Waals surface area contributed by atoms with E-state index >= 15 is 0 Å². The second-order valence-corrected chi connectivity index (χ2v) is 4.94. The number of carbonyl (C=O) groups is 1. The molecule has 0 spiro atoms. The first-order valence-corrected chi connectivity index (χ1v) is 6.22. The van der Waals surface area contributed by atoms with Crippen molar-refractivity contribution in [2.75, 3.05) is 20.2 Å². The summed E-state index contributed by atoms with van der Waals surface area (Å²) in [7, 11) is 1.75. The molecule has 1 saturated heterocycles. The Morgan fingerprint density at radius 2 is 2.12 bits per heavy atom. The second-order valence-electron chi connectivity index (χ2n) is 4.94. The molecule has 0 bridgehead atoms. The fourth-order valence-corrected chi connectivity index (χ4v) is 3.13. The van der Waals surface area contributed by atoms with Crippen molar-refractivity contribution in [1.82, 2.24) is 4.90 Å². The van der Waals surface area contributed by atoms with Gasteiger partial charge in [0.1, 0.15) is 0 Å². The van der Waals surface area contributed by atoms with Gasteiger partial charge < -0.3 is 9.84 Å². The van der Waals surface area contributed by atoms with E-state index in [1.54, 1.807) is 7.11 Å². The van der Waals surface area contributed by atoms with Crippen molar-refractivity contribution < 1.29 is 14.6 Å². The van der Waals surface area contributed by atoms with E-state index in [2.05, 4.69) is 4.90 Å². The first kappa shape index (κ1) is 11.9. The van der Waals surface area contributed by atoms with E-state index < -0.39 is 5.97 Å². The van der Waals surface area contributed by atoms with Gasteiger partial charge in [-0.25, -0.2) is 0 Å². The topological polar surface area (TPSA) is 49.8 Å². The van der Waals surface area contributed by atoms with Crippen LogP contribution in [-0.4, -0.2) is 48.3 Å². The van der Waals surface area contributed by atoms with Crippen molar-refractivity contribution in [3.63, 3.8) is 0 Å². The zero-order valence-electron chi connectivity index (χ0n) is 9.89. The van der Waals surface area contributed by atoms with Crippen LogP contribution in [0.5, 0.6) is 0 Å². The minimum absolute atomic E-state index is 0.157. The third kappa shape index (κ3) is 2.38. The Kier molecular flexibility index (Phi) is 3.82. The standard InChI is InChI=1S/C12H21NO3/c1-16-9-4-3-7-13(8-9)11-6-2-5-10(11)12(14)15/h9-11H,2-8H2,1H3,(H,14,15). The number of carboxylic acids is 1. The lowest BCUT2D eigenvalue weighted by molar-refractivity contribution is -0.144. The summed E-state index contributed by atoms with van der Waals surface area (Å²) in [5.74, 6) is -0.780. The molecule has 3 atom stereocenters. The smallest absolute Gasteiger partial charge is 0.308 e. The predicted molar refractivity (Wildman–Crippen MR) is 60.4 cm³/mol. The molecule has 2 fully saturated rings. The highest BCUT2D eigenvalue weighted by molar-refractivity contribution is 5.71. The molecule has 1 saturated carbocycles. The molecule has 0 aromatic rings. The van der Waals surface area contributed by atoms with Gasteiger partial charge in [-0.15, -0.1) is 0 Å². The Bertz CT molecular complexity index is 257. The number of nitrogens with zero attached hydrogens (tertiary/aromatic N) is 1. The largest absolute Gasteiger partial charge is 0.481 e. The van der Waals surface area contributed by atoms with Gasteiger partial charge in [-0.2, -0.15) is 0 Å². The first-order valence-electron chi connectivity index (χ1n) is 6.22. The summed E-state index contributed by atoms with van der Waals surface area (Å²) in [6, 6.07) is 0.246. The van der Waals surface area contributed by atoms with Gasteiger partial charge in [0.05, 0.1) is 12.0 Å². The highest BCUT2D eigenvalue weighted by atomic mass is 16.5. The maximum Gasteiger partial charge on any atom is 0.308 e. The molecular formula is C12H21NO3. The van der Waals surface area contributed by atoms with Gasteiger partial charge in [0.25, 0.3) is 0 Å². The lowest BCUT2D eigenvalue weighted by Gasteiger charge is -2.37.